The fraction of sp³-hybridized carbons (Fsp3) is 0.579. The standard InChI is InChI=1S/C19H27N3O3/c1-19(2,3)20-17(23)16-12-14-6-4-5-7-15(14)13-22(16)18(24)21-8-10-25-11-9-21/h4-7,16H,8-13H2,1-3H3,(H,20,23)/t16-/m0/s1. The average molecular weight is 345 g/mol. The first-order valence-corrected chi connectivity index (χ1v) is 8.87. The second kappa shape index (κ2) is 7.04. The largest absolute Gasteiger partial charge is 0.378 e. The Morgan fingerprint density at radius 2 is 1.76 bits per heavy atom. The quantitative estimate of drug-likeness (QED) is 0.844. The molecular formula is C19H27N3O3. The zero-order valence-corrected chi connectivity index (χ0v) is 15.2. The molecule has 136 valence electrons. The van der Waals surface area contributed by atoms with Crippen molar-refractivity contribution in [2.75, 3.05) is 26.3 Å². The van der Waals surface area contributed by atoms with E-state index in [2.05, 4.69) is 5.32 Å². The first-order chi connectivity index (χ1) is 11.8. The molecular weight excluding hydrogens is 318 g/mol. The van der Waals surface area contributed by atoms with Gasteiger partial charge in [-0.05, 0) is 31.9 Å². The maximum absolute atomic E-state index is 13.1. The Kier molecular flexibility index (Phi) is 4.99. The molecule has 1 saturated heterocycles. The summed E-state index contributed by atoms with van der Waals surface area (Å²) >= 11 is 0. The number of amides is 3. The third-order valence-corrected chi connectivity index (χ3v) is 4.58. The highest BCUT2D eigenvalue weighted by molar-refractivity contribution is 5.88. The van der Waals surface area contributed by atoms with Crippen molar-refractivity contribution in [1.82, 2.24) is 15.1 Å². The van der Waals surface area contributed by atoms with Crippen molar-refractivity contribution in [3.63, 3.8) is 0 Å². The SMILES string of the molecule is CC(C)(C)NC(=O)[C@@H]1Cc2ccccc2CN1C(=O)N1CCOCC1. The van der Waals surface area contributed by atoms with E-state index in [1.54, 1.807) is 9.80 Å². The number of hydrogen-bond donors (Lipinski definition) is 1. The second-order valence-corrected chi connectivity index (χ2v) is 7.74. The summed E-state index contributed by atoms with van der Waals surface area (Å²) in [5, 5.41) is 3.03. The highest BCUT2D eigenvalue weighted by atomic mass is 16.5. The van der Waals surface area contributed by atoms with Gasteiger partial charge in [-0.3, -0.25) is 4.79 Å². The maximum Gasteiger partial charge on any atom is 0.321 e. The number of carbonyl (C=O) groups excluding carboxylic acids is 2. The van der Waals surface area contributed by atoms with Crippen LogP contribution in [0.2, 0.25) is 0 Å². The monoisotopic (exact) mass is 345 g/mol. The predicted octanol–water partition coefficient (Wildman–Crippen LogP) is 1.78. The minimum atomic E-state index is -0.482. The van der Waals surface area contributed by atoms with Gasteiger partial charge in [0.1, 0.15) is 6.04 Å². The van der Waals surface area contributed by atoms with Gasteiger partial charge in [-0.2, -0.15) is 0 Å². The summed E-state index contributed by atoms with van der Waals surface area (Å²) in [6, 6.07) is 7.48. The molecule has 1 aromatic rings. The summed E-state index contributed by atoms with van der Waals surface area (Å²) in [6.45, 7) is 8.58. The Hall–Kier alpha value is -2.08. The van der Waals surface area contributed by atoms with Crippen LogP contribution >= 0.6 is 0 Å². The number of benzene rings is 1. The molecule has 6 nitrogen and oxygen atoms in total. The lowest BCUT2D eigenvalue weighted by atomic mass is 9.93. The van der Waals surface area contributed by atoms with Crippen molar-refractivity contribution in [3.05, 3.63) is 35.4 Å². The van der Waals surface area contributed by atoms with E-state index in [9.17, 15) is 9.59 Å². The number of morpholine rings is 1. The number of nitrogens with one attached hydrogen (secondary N) is 1. The van der Waals surface area contributed by atoms with Crippen molar-refractivity contribution >= 4 is 11.9 Å². The summed E-state index contributed by atoms with van der Waals surface area (Å²) in [4.78, 5) is 29.4. The minimum Gasteiger partial charge on any atom is -0.378 e. The molecule has 6 heteroatoms. The van der Waals surface area contributed by atoms with Crippen LogP contribution in [0.1, 0.15) is 31.9 Å². The van der Waals surface area contributed by atoms with Gasteiger partial charge in [0.25, 0.3) is 0 Å². The van der Waals surface area contributed by atoms with E-state index >= 15 is 0 Å². The minimum absolute atomic E-state index is 0.0770. The van der Waals surface area contributed by atoms with E-state index in [0.29, 0.717) is 39.3 Å². The van der Waals surface area contributed by atoms with Crippen LogP contribution in [0.4, 0.5) is 4.79 Å². The number of urea groups is 1. The van der Waals surface area contributed by atoms with E-state index in [0.717, 1.165) is 11.1 Å². The fourth-order valence-electron chi connectivity index (χ4n) is 3.35. The van der Waals surface area contributed by atoms with Gasteiger partial charge in [-0.25, -0.2) is 4.79 Å². The first kappa shape index (κ1) is 17.7. The molecule has 3 amide bonds. The van der Waals surface area contributed by atoms with Gasteiger partial charge >= 0.3 is 6.03 Å². The molecule has 0 unspecified atom stereocenters. The van der Waals surface area contributed by atoms with Crippen LogP contribution in [-0.2, 0) is 22.5 Å². The van der Waals surface area contributed by atoms with E-state index in [4.69, 9.17) is 4.74 Å². The predicted molar refractivity (Wildman–Crippen MR) is 95.2 cm³/mol. The number of rotatable bonds is 1. The Morgan fingerprint density at radius 3 is 2.40 bits per heavy atom. The Balaban J connectivity index is 1.85. The van der Waals surface area contributed by atoms with Gasteiger partial charge in [0, 0.05) is 31.6 Å². The van der Waals surface area contributed by atoms with E-state index < -0.39 is 6.04 Å². The van der Waals surface area contributed by atoms with Gasteiger partial charge in [-0.15, -0.1) is 0 Å². The van der Waals surface area contributed by atoms with Gasteiger partial charge in [0.2, 0.25) is 5.91 Å². The van der Waals surface area contributed by atoms with E-state index in [-0.39, 0.29) is 17.5 Å². The Morgan fingerprint density at radius 1 is 1.12 bits per heavy atom. The molecule has 25 heavy (non-hydrogen) atoms. The number of ether oxygens (including phenoxy) is 1. The smallest absolute Gasteiger partial charge is 0.321 e. The molecule has 0 bridgehead atoms. The molecule has 1 atom stereocenters. The van der Waals surface area contributed by atoms with Gasteiger partial charge in [0.15, 0.2) is 0 Å². The third kappa shape index (κ3) is 4.12. The van der Waals surface area contributed by atoms with Crippen LogP contribution in [0.15, 0.2) is 24.3 Å². The Bertz CT molecular complexity index is 648. The van der Waals surface area contributed by atoms with E-state index in [1.165, 1.54) is 0 Å². The van der Waals surface area contributed by atoms with Crippen LogP contribution in [0, 0.1) is 0 Å². The molecule has 0 aromatic heterocycles. The third-order valence-electron chi connectivity index (χ3n) is 4.58. The summed E-state index contributed by atoms with van der Waals surface area (Å²) < 4.78 is 5.34. The maximum atomic E-state index is 13.1. The number of hydrogen-bond acceptors (Lipinski definition) is 3. The van der Waals surface area contributed by atoms with Crippen molar-refractivity contribution in [1.29, 1.82) is 0 Å². The first-order valence-electron chi connectivity index (χ1n) is 8.87. The van der Waals surface area contributed by atoms with E-state index in [1.807, 2.05) is 45.0 Å². The second-order valence-electron chi connectivity index (χ2n) is 7.74. The van der Waals surface area contributed by atoms with Crippen molar-refractivity contribution in [2.24, 2.45) is 0 Å². The molecule has 0 aliphatic carbocycles. The van der Waals surface area contributed by atoms with Crippen LogP contribution in [0.3, 0.4) is 0 Å². The highest BCUT2D eigenvalue weighted by Gasteiger charge is 2.37. The van der Waals surface area contributed by atoms with Crippen LogP contribution in [0.25, 0.3) is 0 Å². The lowest BCUT2D eigenvalue weighted by Gasteiger charge is -2.40. The van der Waals surface area contributed by atoms with Gasteiger partial charge < -0.3 is 19.9 Å². The summed E-state index contributed by atoms with van der Waals surface area (Å²) in [5.74, 6) is -0.0939. The van der Waals surface area contributed by atoms with Crippen molar-refractivity contribution in [2.45, 2.75) is 45.3 Å². The molecule has 0 radical (unpaired) electrons. The average Bonchev–Trinajstić information content (AvgIpc) is 2.59. The molecule has 2 heterocycles. The molecule has 0 spiro atoms. The molecule has 1 fully saturated rings. The van der Waals surface area contributed by atoms with Crippen LogP contribution in [0.5, 0.6) is 0 Å². The molecule has 2 aliphatic rings. The molecule has 3 rings (SSSR count). The molecule has 1 aromatic carbocycles. The normalized spacial score (nSPS) is 20.8. The van der Waals surface area contributed by atoms with Crippen molar-refractivity contribution in [3.8, 4) is 0 Å². The topological polar surface area (TPSA) is 61.9 Å². The van der Waals surface area contributed by atoms with Crippen molar-refractivity contribution < 1.29 is 14.3 Å². The fourth-order valence-corrected chi connectivity index (χ4v) is 3.35. The highest BCUT2D eigenvalue weighted by Crippen LogP contribution is 2.25. The van der Waals surface area contributed by atoms with Gasteiger partial charge in [-0.1, -0.05) is 24.3 Å². The molecule has 1 N–H and O–H groups in total. The molecule has 2 aliphatic heterocycles. The lowest BCUT2D eigenvalue weighted by Crippen LogP contribution is -2.59. The van der Waals surface area contributed by atoms with Gasteiger partial charge in [0.05, 0.1) is 13.2 Å². The summed E-state index contributed by atoms with van der Waals surface area (Å²) in [5.41, 5.74) is 1.92. The van der Waals surface area contributed by atoms with Crippen LogP contribution < -0.4 is 5.32 Å². The summed E-state index contributed by atoms with van der Waals surface area (Å²) in [6.07, 6.45) is 0.550. The Labute approximate surface area is 149 Å². The lowest BCUT2D eigenvalue weighted by molar-refractivity contribution is -0.127. The number of carbonyl (C=O) groups is 2. The molecule has 0 saturated carbocycles. The number of nitrogens with zero attached hydrogens (tertiary/aromatic N) is 2. The zero-order valence-electron chi connectivity index (χ0n) is 15.2. The number of fused-ring (bicyclic) bond motifs is 1. The van der Waals surface area contributed by atoms with Crippen LogP contribution in [-0.4, -0.2) is 59.6 Å². The zero-order chi connectivity index (χ0) is 18.0. The summed E-state index contributed by atoms with van der Waals surface area (Å²) in [7, 11) is 0.